The largest absolute Gasteiger partial charge is 0.452 e. The summed E-state index contributed by atoms with van der Waals surface area (Å²) >= 11 is 0. The van der Waals surface area contributed by atoms with Crippen LogP contribution < -0.4 is 0 Å². The predicted octanol–water partition coefficient (Wildman–Crippen LogP) is 3.00. The zero-order chi connectivity index (χ0) is 27.7. The van der Waals surface area contributed by atoms with Crippen molar-refractivity contribution in [2.75, 3.05) is 6.61 Å². The summed E-state index contributed by atoms with van der Waals surface area (Å²) in [7, 11) is 0. The first-order valence-electron chi connectivity index (χ1n) is 11.7. The van der Waals surface area contributed by atoms with E-state index in [1.807, 2.05) is 0 Å². The normalized spacial score (nSPS) is 27.4. The SMILES string of the molecule is C=C[C@](C)(C/C=C/C(C)(C)OO)O[C@@H]1O[C@H](CO)[C@@H](OC(=O)/C(C)=C\C)[C@H](OC(=O)/C(C)=C\C)[C@H]1O. The number of aliphatic hydroxyl groups excluding tert-OH is 2. The third kappa shape index (κ3) is 8.65. The molecule has 0 aromatic heterocycles. The van der Waals surface area contributed by atoms with E-state index >= 15 is 0 Å². The Balaban J connectivity index is 3.29. The topological polar surface area (TPSA) is 141 Å². The van der Waals surface area contributed by atoms with Crippen LogP contribution in [0, 0.1) is 0 Å². The van der Waals surface area contributed by atoms with Crippen molar-refractivity contribution >= 4 is 11.9 Å². The Hall–Kier alpha value is -2.34. The van der Waals surface area contributed by atoms with E-state index in [4.69, 9.17) is 24.2 Å². The van der Waals surface area contributed by atoms with Crippen LogP contribution in [0.4, 0.5) is 0 Å². The molecule has 1 aliphatic heterocycles. The van der Waals surface area contributed by atoms with Crippen LogP contribution >= 0.6 is 0 Å². The Morgan fingerprint density at radius 3 is 2.00 bits per heavy atom. The fourth-order valence-corrected chi connectivity index (χ4v) is 3.14. The molecule has 0 aromatic carbocycles. The zero-order valence-electron chi connectivity index (χ0n) is 22.1. The molecule has 0 aromatic rings. The highest BCUT2D eigenvalue weighted by atomic mass is 17.1. The molecule has 1 aliphatic rings. The van der Waals surface area contributed by atoms with Gasteiger partial charge in [-0.15, -0.1) is 6.58 Å². The van der Waals surface area contributed by atoms with E-state index in [1.165, 1.54) is 19.1 Å². The lowest BCUT2D eigenvalue weighted by Crippen LogP contribution is -2.62. The van der Waals surface area contributed by atoms with Crippen LogP contribution in [0.1, 0.15) is 54.9 Å². The van der Waals surface area contributed by atoms with Crippen molar-refractivity contribution in [1.82, 2.24) is 0 Å². The van der Waals surface area contributed by atoms with E-state index in [2.05, 4.69) is 11.5 Å². The van der Waals surface area contributed by atoms with Gasteiger partial charge in [0.1, 0.15) is 17.8 Å². The number of carbonyl (C=O) groups excluding carboxylic acids is 2. The molecule has 6 atom stereocenters. The monoisotopic (exact) mass is 512 g/mol. The standard InChI is InChI=1S/C26H40O10/c1-9-16(4)22(29)33-20-18(15-27)32-24(19(28)21(20)34-23(30)17(5)10-2)35-26(8,11-3)14-12-13-25(6,7)36-31/h9-13,18-21,24,27-28,31H,3,14-15H2,1-2,4-8H3/b13-12+,16-9-,17-10-/t18-,19-,20-,21-,24+,26-/m1/s1. The summed E-state index contributed by atoms with van der Waals surface area (Å²) in [5, 5.41) is 30.1. The summed E-state index contributed by atoms with van der Waals surface area (Å²) < 4.78 is 22.8. The third-order valence-electron chi connectivity index (χ3n) is 5.89. The molecule has 36 heavy (non-hydrogen) atoms. The number of allylic oxidation sites excluding steroid dienone is 2. The Bertz CT molecular complexity index is 859. The highest BCUT2D eigenvalue weighted by Crippen LogP contribution is 2.32. The molecular formula is C26H40O10. The summed E-state index contributed by atoms with van der Waals surface area (Å²) in [6.45, 7) is 14.6. The van der Waals surface area contributed by atoms with E-state index in [0.29, 0.717) is 0 Å². The maximum absolute atomic E-state index is 12.6. The van der Waals surface area contributed by atoms with Gasteiger partial charge in [0.05, 0.1) is 12.2 Å². The smallest absolute Gasteiger partial charge is 0.333 e. The molecule has 10 nitrogen and oxygen atoms in total. The summed E-state index contributed by atoms with van der Waals surface area (Å²) in [5.41, 5.74) is -1.45. The number of aliphatic hydroxyl groups is 2. The molecule has 1 saturated heterocycles. The molecule has 10 heteroatoms. The molecule has 1 heterocycles. The van der Waals surface area contributed by atoms with Gasteiger partial charge in [0, 0.05) is 11.1 Å². The fourth-order valence-electron chi connectivity index (χ4n) is 3.14. The van der Waals surface area contributed by atoms with Gasteiger partial charge >= 0.3 is 11.9 Å². The Kier molecular flexibility index (Phi) is 12.2. The molecule has 0 unspecified atom stereocenters. The van der Waals surface area contributed by atoms with Crippen molar-refractivity contribution in [3.63, 3.8) is 0 Å². The van der Waals surface area contributed by atoms with Gasteiger partial charge in [0.25, 0.3) is 0 Å². The van der Waals surface area contributed by atoms with Gasteiger partial charge in [-0.05, 0) is 54.9 Å². The lowest BCUT2D eigenvalue weighted by Gasteiger charge is -2.45. The molecule has 1 fully saturated rings. The van der Waals surface area contributed by atoms with Gasteiger partial charge in [0.15, 0.2) is 18.5 Å². The fraction of sp³-hybridized carbons (Fsp3) is 0.615. The number of hydrogen-bond donors (Lipinski definition) is 3. The Labute approximate surface area is 212 Å². The van der Waals surface area contributed by atoms with Gasteiger partial charge in [-0.3, -0.25) is 5.26 Å². The molecular weight excluding hydrogens is 472 g/mol. The predicted molar refractivity (Wildman–Crippen MR) is 132 cm³/mol. The highest BCUT2D eigenvalue weighted by molar-refractivity contribution is 5.88. The lowest BCUT2D eigenvalue weighted by molar-refractivity contribution is -0.321. The van der Waals surface area contributed by atoms with E-state index in [0.717, 1.165) is 0 Å². The molecule has 0 bridgehead atoms. The molecule has 0 radical (unpaired) electrons. The van der Waals surface area contributed by atoms with Gasteiger partial charge < -0.3 is 29.2 Å². The summed E-state index contributed by atoms with van der Waals surface area (Å²) in [6, 6.07) is 0. The average molecular weight is 513 g/mol. The molecule has 3 N–H and O–H groups in total. The Morgan fingerprint density at radius 1 is 1.03 bits per heavy atom. The van der Waals surface area contributed by atoms with Crippen LogP contribution in [-0.2, 0) is 33.4 Å². The quantitative estimate of drug-likeness (QED) is 0.117. The minimum absolute atomic E-state index is 0.251. The third-order valence-corrected chi connectivity index (χ3v) is 5.89. The Morgan fingerprint density at radius 2 is 1.56 bits per heavy atom. The maximum Gasteiger partial charge on any atom is 0.333 e. The number of esters is 2. The molecule has 0 amide bonds. The van der Waals surface area contributed by atoms with Crippen molar-refractivity contribution in [2.45, 2.75) is 96.8 Å². The first-order valence-corrected chi connectivity index (χ1v) is 11.7. The first-order chi connectivity index (χ1) is 16.8. The van der Waals surface area contributed by atoms with Gasteiger partial charge in [-0.1, -0.05) is 30.4 Å². The highest BCUT2D eigenvalue weighted by Gasteiger charge is 2.51. The van der Waals surface area contributed by atoms with Crippen molar-refractivity contribution in [3.05, 3.63) is 48.1 Å². The molecule has 204 valence electrons. The molecule has 0 saturated carbocycles. The van der Waals surface area contributed by atoms with Gasteiger partial charge in [-0.25, -0.2) is 14.5 Å². The van der Waals surface area contributed by atoms with Crippen LogP contribution in [0.5, 0.6) is 0 Å². The molecule has 1 rings (SSSR count). The van der Waals surface area contributed by atoms with Crippen molar-refractivity contribution in [3.8, 4) is 0 Å². The molecule has 0 spiro atoms. The second kappa shape index (κ2) is 13.8. The van der Waals surface area contributed by atoms with Crippen molar-refractivity contribution in [1.29, 1.82) is 0 Å². The summed E-state index contributed by atoms with van der Waals surface area (Å²) in [5.74, 6) is -1.45. The minimum atomic E-state index is -1.58. The number of ether oxygens (including phenoxy) is 4. The summed E-state index contributed by atoms with van der Waals surface area (Å²) in [4.78, 5) is 29.4. The number of carbonyl (C=O) groups is 2. The zero-order valence-corrected chi connectivity index (χ0v) is 22.1. The first kappa shape index (κ1) is 31.7. The van der Waals surface area contributed by atoms with Crippen LogP contribution in [0.15, 0.2) is 48.1 Å². The van der Waals surface area contributed by atoms with Crippen LogP contribution in [-0.4, -0.2) is 75.9 Å². The van der Waals surface area contributed by atoms with Crippen LogP contribution in [0.2, 0.25) is 0 Å². The van der Waals surface area contributed by atoms with Crippen LogP contribution in [0.3, 0.4) is 0 Å². The van der Waals surface area contributed by atoms with E-state index < -0.39 is 60.5 Å². The van der Waals surface area contributed by atoms with Crippen molar-refractivity contribution in [2.24, 2.45) is 0 Å². The van der Waals surface area contributed by atoms with E-state index in [-0.39, 0.29) is 17.6 Å². The average Bonchev–Trinajstić information content (AvgIpc) is 2.86. The summed E-state index contributed by atoms with van der Waals surface area (Å²) in [6.07, 6.45) is 1.33. The second-order valence-corrected chi connectivity index (χ2v) is 9.34. The lowest BCUT2D eigenvalue weighted by atomic mass is 9.96. The minimum Gasteiger partial charge on any atom is -0.452 e. The van der Waals surface area contributed by atoms with E-state index in [9.17, 15) is 19.8 Å². The van der Waals surface area contributed by atoms with E-state index in [1.54, 1.807) is 59.8 Å². The second-order valence-electron chi connectivity index (χ2n) is 9.34. The van der Waals surface area contributed by atoms with Gasteiger partial charge in [-0.2, -0.15) is 0 Å². The van der Waals surface area contributed by atoms with Gasteiger partial charge in [0.2, 0.25) is 0 Å². The van der Waals surface area contributed by atoms with Crippen LogP contribution in [0.25, 0.3) is 0 Å². The van der Waals surface area contributed by atoms with Crippen molar-refractivity contribution < 1.29 is 48.9 Å². The molecule has 0 aliphatic carbocycles. The number of hydrogen-bond acceptors (Lipinski definition) is 10. The maximum atomic E-state index is 12.6. The number of rotatable bonds is 12.